The van der Waals surface area contributed by atoms with Crippen molar-refractivity contribution in [2.75, 3.05) is 0 Å². The molecule has 0 aromatic heterocycles. The van der Waals surface area contributed by atoms with Crippen molar-refractivity contribution in [1.82, 2.24) is 0 Å². The number of Topliss-reactive ketones (excluding diaryl/α,β-unsaturated/α-hetero) is 1. The van der Waals surface area contributed by atoms with Crippen LogP contribution in [0.15, 0.2) is 18.2 Å². The predicted molar refractivity (Wildman–Crippen MR) is 59.3 cm³/mol. The van der Waals surface area contributed by atoms with E-state index in [9.17, 15) is 9.18 Å². The van der Waals surface area contributed by atoms with Crippen LogP contribution in [-0.4, -0.2) is 5.78 Å². The standard InChI is InChI=1S/C13H17FO/c1-9(2)13(15)5-4-11-6-10(3)7-12(14)8-11/h6-9H,4-5H2,1-3H3. The summed E-state index contributed by atoms with van der Waals surface area (Å²) in [6, 6.07) is 4.92. The zero-order chi connectivity index (χ0) is 11.4. The van der Waals surface area contributed by atoms with Crippen LogP contribution in [-0.2, 0) is 11.2 Å². The monoisotopic (exact) mass is 208 g/mol. The lowest BCUT2D eigenvalue weighted by Crippen LogP contribution is -2.07. The largest absolute Gasteiger partial charge is 0.299 e. The molecule has 2 heteroatoms. The Morgan fingerprint density at radius 3 is 2.53 bits per heavy atom. The number of rotatable bonds is 4. The Bertz CT molecular complexity index is 335. The fourth-order valence-electron chi connectivity index (χ4n) is 1.51. The first-order valence-electron chi connectivity index (χ1n) is 5.28. The van der Waals surface area contributed by atoms with Crippen LogP contribution in [0.5, 0.6) is 0 Å². The minimum atomic E-state index is -0.220. The Labute approximate surface area is 90.3 Å². The van der Waals surface area contributed by atoms with Gasteiger partial charge in [-0.3, -0.25) is 4.79 Å². The highest BCUT2D eigenvalue weighted by Gasteiger charge is 2.07. The lowest BCUT2D eigenvalue weighted by atomic mass is 10.00. The predicted octanol–water partition coefficient (Wildman–Crippen LogP) is 3.29. The lowest BCUT2D eigenvalue weighted by molar-refractivity contribution is -0.121. The van der Waals surface area contributed by atoms with Crippen LogP contribution in [0, 0.1) is 18.7 Å². The van der Waals surface area contributed by atoms with Gasteiger partial charge in [-0.05, 0) is 36.6 Å². The molecular formula is C13H17FO. The molecule has 0 aliphatic carbocycles. The van der Waals surface area contributed by atoms with Gasteiger partial charge in [0.2, 0.25) is 0 Å². The molecule has 15 heavy (non-hydrogen) atoms. The number of carbonyl (C=O) groups excluding carboxylic acids is 1. The van der Waals surface area contributed by atoms with Crippen LogP contribution in [0.1, 0.15) is 31.4 Å². The van der Waals surface area contributed by atoms with Crippen molar-refractivity contribution in [1.29, 1.82) is 0 Å². The van der Waals surface area contributed by atoms with E-state index in [-0.39, 0.29) is 17.5 Å². The van der Waals surface area contributed by atoms with Gasteiger partial charge in [-0.25, -0.2) is 4.39 Å². The number of carbonyl (C=O) groups is 1. The molecule has 0 N–H and O–H groups in total. The molecule has 0 atom stereocenters. The van der Waals surface area contributed by atoms with E-state index in [0.717, 1.165) is 11.1 Å². The lowest BCUT2D eigenvalue weighted by Gasteiger charge is -2.05. The first kappa shape index (κ1) is 11.9. The molecule has 1 rings (SSSR count). The van der Waals surface area contributed by atoms with Crippen LogP contribution in [0.3, 0.4) is 0 Å². The van der Waals surface area contributed by atoms with Gasteiger partial charge in [0.1, 0.15) is 11.6 Å². The molecule has 1 aromatic carbocycles. The minimum Gasteiger partial charge on any atom is -0.299 e. The van der Waals surface area contributed by atoms with E-state index in [4.69, 9.17) is 0 Å². The topological polar surface area (TPSA) is 17.1 Å². The van der Waals surface area contributed by atoms with Crippen LogP contribution in [0.4, 0.5) is 4.39 Å². The third-order valence-electron chi connectivity index (χ3n) is 2.41. The summed E-state index contributed by atoms with van der Waals surface area (Å²) in [6.45, 7) is 5.63. The number of aryl methyl sites for hydroxylation is 2. The highest BCUT2D eigenvalue weighted by atomic mass is 19.1. The van der Waals surface area contributed by atoms with Crippen molar-refractivity contribution in [3.05, 3.63) is 35.1 Å². The van der Waals surface area contributed by atoms with Gasteiger partial charge in [0.15, 0.2) is 0 Å². The van der Waals surface area contributed by atoms with E-state index in [0.29, 0.717) is 12.8 Å². The fraction of sp³-hybridized carbons (Fsp3) is 0.462. The van der Waals surface area contributed by atoms with Crippen LogP contribution in [0.2, 0.25) is 0 Å². The Hall–Kier alpha value is -1.18. The van der Waals surface area contributed by atoms with Crippen molar-refractivity contribution in [3.63, 3.8) is 0 Å². The third-order valence-corrected chi connectivity index (χ3v) is 2.41. The SMILES string of the molecule is Cc1cc(F)cc(CCC(=O)C(C)C)c1. The third kappa shape index (κ3) is 3.82. The molecule has 1 nitrogen and oxygen atoms in total. The summed E-state index contributed by atoms with van der Waals surface area (Å²) in [7, 11) is 0. The van der Waals surface area contributed by atoms with Gasteiger partial charge in [-0.15, -0.1) is 0 Å². The quantitative estimate of drug-likeness (QED) is 0.742. The van der Waals surface area contributed by atoms with Crippen molar-refractivity contribution >= 4 is 5.78 Å². The van der Waals surface area contributed by atoms with Crippen molar-refractivity contribution in [2.45, 2.75) is 33.6 Å². The van der Waals surface area contributed by atoms with E-state index in [2.05, 4.69) is 0 Å². The van der Waals surface area contributed by atoms with E-state index >= 15 is 0 Å². The van der Waals surface area contributed by atoms with Gasteiger partial charge >= 0.3 is 0 Å². The second-order valence-electron chi connectivity index (χ2n) is 4.26. The fourth-order valence-corrected chi connectivity index (χ4v) is 1.51. The number of halogens is 1. The van der Waals surface area contributed by atoms with Gasteiger partial charge in [0, 0.05) is 12.3 Å². The molecule has 0 fully saturated rings. The summed E-state index contributed by atoms with van der Waals surface area (Å²) in [4.78, 5) is 11.4. The van der Waals surface area contributed by atoms with E-state index in [1.165, 1.54) is 12.1 Å². The molecule has 0 unspecified atom stereocenters. The van der Waals surface area contributed by atoms with Crippen molar-refractivity contribution in [2.24, 2.45) is 5.92 Å². The number of hydrogen-bond donors (Lipinski definition) is 0. The highest BCUT2D eigenvalue weighted by molar-refractivity contribution is 5.80. The summed E-state index contributed by atoms with van der Waals surface area (Å²) in [5, 5.41) is 0. The summed E-state index contributed by atoms with van der Waals surface area (Å²) in [5.74, 6) is 0.0820. The Morgan fingerprint density at radius 2 is 2.00 bits per heavy atom. The maximum atomic E-state index is 13.0. The number of ketones is 1. The summed E-state index contributed by atoms with van der Waals surface area (Å²) >= 11 is 0. The molecule has 0 aliphatic heterocycles. The van der Waals surface area contributed by atoms with E-state index in [1.54, 1.807) is 0 Å². The van der Waals surface area contributed by atoms with E-state index < -0.39 is 0 Å². The van der Waals surface area contributed by atoms with Crippen molar-refractivity contribution < 1.29 is 9.18 Å². The molecule has 0 aliphatic rings. The zero-order valence-electron chi connectivity index (χ0n) is 9.51. The molecule has 0 saturated heterocycles. The van der Waals surface area contributed by atoms with Gasteiger partial charge in [-0.2, -0.15) is 0 Å². The molecular weight excluding hydrogens is 191 g/mol. The molecule has 0 spiro atoms. The Balaban J connectivity index is 2.61. The Kier molecular flexibility index (Phi) is 4.01. The minimum absolute atomic E-state index is 0.0691. The first-order valence-corrected chi connectivity index (χ1v) is 5.28. The first-order chi connectivity index (χ1) is 6.99. The van der Waals surface area contributed by atoms with Gasteiger partial charge in [0.05, 0.1) is 0 Å². The molecule has 0 heterocycles. The second-order valence-corrected chi connectivity index (χ2v) is 4.26. The zero-order valence-corrected chi connectivity index (χ0v) is 9.51. The van der Waals surface area contributed by atoms with Crippen LogP contribution in [0.25, 0.3) is 0 Å². The smallest absolute Gasteiger partial charge is 0.135 e. The van der Waals surface area contributed by atoms with Gasteiger partial charge < -0.3 is 0 Å². The Morgan fingerprint density at radius 1 is 1.33 bits per heavy atom. The van der Waals surface area contributed by atoms with Gasteiger partial charge in [0.25, 0.3) is 0 Å². The highest BCUT2D eigenvalue weighted by Crippen LogP contribution is 2.11. The van der Waals surface area contributed by atoms with Crippen LogP contribution < -0.4 is 0 Å². The molecule has 0 bridgehead atoms. The molecule has 0 radical (unpaired) electrons. The summed E-state index contributed by atoms with van der Waals surface area (Å²) in [5.41, 5.74) is 1.81. The average molecular weight is 208 g/mol. The summed E-state index contributed by atoms with van der Waals surface area (Å²) < 4.78 is 13.0. The van der Waals surface area contributed by atoms with Crippen LogP contribution >= 0.6 is 0 Å². The average Bonchev–Trinajstić information content (AvgIpc) is 2.12. The molecule has 82 valence electrons. The molecule has 1 aromatic rings. The maximum absolute atomic E-state index is 13.0. The summed E-state index contributed by atoms with van der Waals surface area (Å²) in [6.07, 6.45) is 1.14. The maximum Gasteiger partial charge on any atom is 0.135 e. The van der Waals surface area contributed by atoms with E-state index in [1.807, 2.05) is 26.8 Å². The normalized spacial score (nSPS) is 10.7. The van der Waals surface area contributed by atoms with Crippen molar-refractivity contribution in [3.8, 4) is 0 Å². The van der Waals surface area contributed by atoms with Gasteiger partial charge in [-0.1, -0.05) is 19.9 Å². The second kappa shape index (κ2) is 5.06. The molecule has 0 saturated carbocycles. The number of benzene rings is 1. The molecule has 0 amide bonds. The number of hydrogen-bond acceptors (Lipinski definition) is 1.